The van der Waals surface area contributed by atoms with Gasteiger partial charge in [0.2, 0.25) is 5.91 Å². The molecule has 0 saturated heterocycles. The smallest absolute Gasteiger partial charge is 0.387 e. The number of nitrogens with zero attached hydrogens (tertiary/aromatic N) is 1. The minimum Gasteiger partial charge on any atom is -0.493 e. The summed E-state index contributed by atoms with van der Waals surface area (Å²) in [5, 5.41) is 3.22. The van der Waals surface area contributed by atoms with E-state index in [1.165, 1.54) is 13.2 Å². The molecule has 2 aromatic carbocycles. The van der Waals surface area contributed by atoms with E-state index in [2.05, 4.69) is 10.1 Å². The molecule has 8 heteroatoms. The number of likely N-dealkylation sites (N-methyl/N-ethyl adjacent to an activating group) is 1. The largest absolute Gasteiger partial charge is 0.493 e. The van der Waals surface area contributed by atoms with Crippen molar-refractivity contribution >= 4 is 23.2 Å². The molecular weight excluding hydrogens is 378 g/mol. The van der Waals surface area contributed by atoms with Crippen molar-refractivity contribution in [2.75, 3.05) is 26.0 Å². The van der Waals surface area contributed by atoms with Crippen LogP contribution in [0.3, 0.4) is 0 Å². The number of amides is 1. The number of carbonyl (C=O) groups excluding carboxylic acids is 1. The fraction of sp³-hybridized carbons (Fsp3) is 0.316. The number of ether oxygens (including phenoxy) is 2. The monoisotopic (exact) mass is 398 g/mol. The van der Waals surface area contributed by atoms with Crippen LogP contribution in [0.5, 0.6) is 11.5 Å². The van der Waals surface area contributed by atoms with Crippen LogP contribution in [-0.4, -0.2) is 38.1 Å². The van der Waals surface area contributed by atoms with Crippen LogP contribution in [0.15, 0.2) is 36.4 Å². The highest BCUT2D eigenvalue weighted by atomic mass is 35.5. The molecule has 0 aliphatic rings. The maximum atomic E-state index is 12.5. The lowest BCUT2D eigenvalue weighted by Gasteiger charge is -2.18. The zero-order valence-electron chi connectivity index (χ0n) is 15.3. The highest BCUT2D eigenvalue weighted by Gasteiger charge is 2.14. The predicted octanol–water partition coefficient (Wildman–Crippen LogP) is 4.33. The van der Waals surface area contributed by atoms with Crippen LogP contribution >= 0.6 is 11.6 Å². The zero-order chi connectivity index (χ0) is 20.0. The number of carbonyl (C=O) groups is 1. The number of methoxy groups -OCH3 is 1. The maximum absolute atomic E-state index is 12.5. The first-order valence-corrected chi connectivity index (χ1v) is 8.52. The summed E-state index contributed by atoms with van der Waals surface area (Å²) in [5.41, 5.74) is 2.24. The van der Waals surface area contributed by atoms with E-state index < -0.39 is 6.61 Å². The number of hydrogen-bond acceptors (Lipinski definition) is 4. The van der Waals surface area contributed by atoms with E-state index in [4.69, 9.17) is 16.3 Å². The number of alkyl halides is 2. The summed E-state index contributed by atoms with van der Waals surface area (Å²) < 4.78 is 34.5. The molecule has 1 N–H and O–H groups in total. The second-order valence-corrected chi connectivity index (χ2v) is 6.47. The number of halogens is 3. The van der Waals surface area contributed by atoms with Crippen molar-refractivity contribution in [2.24, 2.45) is 0 Å². The van der Waals surface area contributed by atoms with Crippen LogP contribution in [0.25, 0.3) is 0 Å². The van der Waals surface area contributed by atoms with Gasteiger partial charge in [0.05, 0.1) is 24.4 Å². The van der Waals surface area contributed by atoms with Crippen molar-refractivity contribution in [2.45, 2.75) is 20.1 Å². The summed E-state index contributed by atoms with van der Waals surface area (Å²) in [7, 11) is 3.12. The Hall–Kier alpha value is -2.38. The average Bonchev–Trinajstić information content (AvgIpc) is 2.57. The molecule has 2 aromatic rings. The Labute approximate surface area is 161 Å². The van der Waals surface area contributed by atoms with Crippen molar-refractivity contribution in [1.29, 1.82) is 0 Å². The topological polar surface area (TPSA) is 50.8 Å². The van der Waals surface area contributed by atoms with Gasteiger partial charge in [-0.05, 0) is 49.4 Å². The van der Waals surface area contributed by atoms with E-state index in [0.29, 0.717) is 22.8 Å². The summed E-state index contributed by atoms with van der Waals surface area (Å²) in [6, 6.07) is 10.1. The maximum Gasteiger partial charge on any atom is 0.387 e. The van der Waals surface area contributed by atoms with Gasteiger partial charge in [-0.1, -0.05) is 23.7 Å². The Bertz CT molecular complexity index is 803. The SMILES string of the molecule is COc1ccc(CN(C)CC(=O)Nc2ccc(C)cc2Cl)cc1OC(F)F. The lowest BCUT2D eigenvalue weighted by molar-refractivity contribution is -0.117. The Morgan fingerprint density at radius 3 is 2.59 bits per heavy atom. The first kappa shape index (κ1) is 20.9. The summed E-state index contributed by atoms with van der Waals surface area (Å²) in [6.45, 7) is -0.580. The Balaban J connectivity index is 1.98. The first-order chi connectivity index (χ1) is 12.8. The van der Waals surface area contributed by atoms with Gasteiger partial charge in [-0.15, -0.1) is 0 Å². The molecule has 0 atom stereocenters. The lowest BCUT2D eigenvalue weighted by Crippen LogP contribution is -2.29. The van der Waals surface area contributed by atoms with Gasteiger partial charge >= 0.3 is 6.61 Å². The fourth-order valence-corrected chi connectivity index (χ4v) is 2.81. The summed E-state index contributed by atoms with van der Waals surface area (Å²) >= 11 is 6.11. The van der Waals surface area contributed by atoms with Crippen molar-refractivity contribution in [3.63, 3.8) is 0 Å². The molecule has 0 heterocycles. The van der Waals surface area contributed by atoms with Gasteiger partial charge in [-0.2, -0.15) is 8.78 Å². The number of aryl methyl sites for hydroxylation is 1. The average molecular weight is 399 g/mol. The highest BCUT2D eigenvalue weighted by molar-refractivity contribution is 6.33. The Morgan fingerprint density at radius 1 is 1.22 bits per heavy atom. The molecule has 0 aliphatic heterocycles. The van der Waals surface area contributed by atoms with Gasteiger partial charge in [-0.25, -0.2) is 0 Å². The number of anilines is 1. The Kier molecular flexibility index (Phi) is 7.38. The molecule has 0 fully saturated rings. The number of hydrogen-bond donors (Lipinski definition) is 1. The van der Waals surface area contributed by atoms with E-state index in [0.717, 1.165) is 5.56 Å². The molecule has 0 aliphatic carbocycles. The standard InChI is InChI=1S/C19H21ClF2N2O3/c1-12-4-6-15(14(20)8-12)23-18(25)11-24(2)10-13-5-7-16(26-3)17(9-13)27-19(21)22/h4-9,19H,10-11H2,1-3H3,(H,23,25). The highest BCUT2D eigenvalue weighted by Crippen LogP contribution is 2.30. The van der Waals surface area contributed by atoms with Crippen molar-refractivity contribution in [3.8, 4) is 11.5 Å². The van der Waals surface area contributed by atoms with Gasteiger partial charge in [0, 0.05) is 6.54 Å². The minimum absolute atomic E-state index is 0.0470. The van der Waals surface area contributed by atoms with Crippen LogP contribution in [0, 0.1) is 6.92 Å². The second-order valence-electron chi connectivity index (χ2n) is 6.07. The predicted molar refractivity (Wildman–Crippen MR) is 101 cm³/mol. The molecule has 0 bridgehead atoms. The number of benzene rings is 2. The van der Waals surface area contributed by atoms with Gasteiger partial charge in [-0.3, -0.25) is 9.69 Å². The first-order valence-electron chi connectivity index (χ1n) is 8.14. The normalized spacial score (nSPS) is 11.0. The van der Waals surface area contributed by atoms with Crippen LogP contribution < -0.4 is 14.8 Å². The van der Waals surface area contributed by atoms with Crippen LogP contribution in [-0.2, 0) is 11.3 Å². The number of nitrogens with one attached hydrogen (secondary N) is 1. The third-order valence-corrected chi connectivity index (χ3v) is 4.02. The van der Waals surface area contributed by atoms with Gasteiger partial charge in [0.25, 0.3) is 0 Å². The summed E-state index contributed by atoms with van der Waals surface area (Å²) in [6.07, 6.45) is 0. The summed E-state index contributed by atoms with van der Waals surface area (Å²) in [4.78, 5) is 13.9. The molecule has 0 aromatic heterocycles. The Morgan fingerprint density at radius 2 is 1.96 bits per heavy atom. The van der Waals surface area contributed by atoms with E-state index in [1.807, 2.05) is 13.0 Å². The van der Waals surface area contributed by atoms with Gasteiger partial charge < -0.3 is 14.8 Å². The van der Waals surface area contributed by atoms with E-state index in [-0.39, 0.29) is 24.0 Å². The molecule has 2 rings (SSSR count). The molecule has 0 radical (unpaired) electrons. The third kappa shape index (κ3) is 6.37. The van der Waals surface area contributed by atoms with Gasteiger partial charge in [0.15, 0.2) is 11.5 Å². The molecule has 0 spiro atoms. The van der Waals surface area contributed by atoms with Crippen molar-refractivity contribution in [1.82, 2.24) is 4.90 Å². The van der Waals surface area contributed by atoms with Crippen LogP contribution in [0.2, 0.25) is 5.02 Å². The molecule has 146 valence electrons. The molecular formula is C19H21ClF2N2O3. The van der Waals surface area contributed by atoms with E-state index >= 15 is 0 Å². The molecule has 1 amide bonds. The second kappa shape index (κ2) is 9.53. The third-order valence-electron chi connectivity index (χ3n) is 3.71. The minimum atomic E-state index is -2.95. The van der Waals surface area contributed by atoms with Crippen molar-refractivity contribution < 1.29 is 23.0 Å². The lowest BCUT2D eigenvalue weighted by atomic mass is 10.2. The fourth-order valence-electron chi connectivity index (χ4n) is 2.53. The quantitative estimate of drug-likeness (QED) is 0.719. The van der Waals surface area contributed by atoms with E-state index in [9.17, 15) is 13.6 Å². The summed E-state index contributed by atoms with van der Waals surface area (Å²) in [5.74, 6) is -0.0661. The van der Waals surface area contributed by atoms with Crippen molar-refractivity contribution in [3.05, 3.63) is 52.5 Å². The van der Waals surface area contributed by atoms with Crippen LogP contribution in [0.4, 0.5) is 14.5 Å². The zero-order valence-corrected chi connectivity index (χ0v) is 16.0. The number of rotatable bonds is 8. The van der Waals surface area contributed by atoms with Gasteiger partial charge in [0.1, 0.15) is 0 Å². The van der Waals surface area contributed by atoms with Crippen LogP contribution in [0.1, 0.15) is 11.1 Å². The van der Waals surface area contributed by atoms with E-state index in [1.54, 1.807) is 36.2 Å². The molecule has 0 unspecified atom stereocenters. The molecule has 27 heavy (non-hydrogen) atoms. The molecule has 5 nitrogen and oxygen atoms in total. The molecule has 0 saturated carbocycles.